The monoisotopic (exact) mass is 300 g/mol. The summed E-state index contributed by atoms with van der Waals surface area (Å²) in [7, 11) is 1.43. The van der Waals surface area contributed by atoms with Crippen molar-refractivity contribution in [3.05, 3.63) is 47.0 Å². The largest absolute Gasteiger partial charge is 0.493 e. The van der Waals surface area contributed by atoms with E-state index in [4.69, 9.17) is 10.6 Å². The smallest absolute Gasteiger partial charge is 0.194 e. The molecular formula is C13H15F3N4O. The Morgan fingerprint density at radius 2 is 2.05 bits per heavy atom. The van der Waals surface area contributed by atoms with Crippen LogP contribution in [-0.2, 0) is 6.54 Å². The van der Waals surface area contributed by atoms with Gasteiger partial charge in [0.1, 0.15) is 5.69 Å². The maximum atomic E-state index is 14.0. The second kappa shape index (κ2) is 6.15. The van der Waals surface area contributed by atoms with Crippen molar-refractivity contribution in [2.75, 3.05) is 7.11 Å². The Balaban J connectivity index is 2.60. The predicted octanol–water partition coefficient (Wildman–Crippen LogP) is 1.88. The molecule has 0 saturated heterocycles. The summed E-state index contributed by atoms with van der Waals surface area (Å²) >= 11 is 0. The van der Waals surface area contributed by atoms with Crippen molar-refractivity contribution in [3.8, 4) is 5.75 Å². The molecule has 5 nitrogen and oxygen atoms in total. The highest BCUT2D eigenvalue weighted by Crippen LogP contribution is 2.32. The summed E-state index contributed by atoms with van der Waals surface area (Å²) in [4.78, 5) is 0. The molecule has 1 atom stereocenters. The molecule has 3 N–H and O–H groups in total. The van der Waals surface area contributed by atoms with Gasteiger partial charge in [-0.05, 0) is 13.0 Å². The lowest BCUT2D eigenvalue weighted by Gasteiger charge is -2.19. The van der Waals surface area contributed by atoms with E-state index in [9.17, 15) is 13.2 Å². The lowest BCUT2D eigenvalue weighted by molar-refractivity contribution is 0.394. The van der Waals surface area contributed by atoms with E-state index in [2.05, 4.69) is 10.5 Å². The SMILES string of the molecule is CCn1ncc(OC)c1C(NN)c1ccc(F)c(F)c1F. The highest BCUT2D eigenvalue weighted by atomic mass is 19.2. The van der Waals surface area contributed by atoms with Crippen LogP contribution in [0.4, 0.5) is 13.2 Å². The molecule has 0 saturated carbocycles. The van der Waals surface area contributed by atoms with E-state index in [1.807, 2.05) is 6.92 Å². The van der Waals surface area contributed by atoms with Crippen LogP contribution in [0, 0.1) is 17.5 Å². The van der Waals surface area contributed by atoms with Crippen molar-refractivity contribution >= 4 is 0 Å². The Hall–Kier alpha value is -2.06. The van der Waals surface area contributed by atoms with Gasteiger partial charge in [0, 0.05) is 12.1 Å². The molecule has 0 aliphatic carbocycles. The molecule has 8 heteroatoms. The normalized spacial score (nSPS) is 12.5. The third kappa shape index (κ3) is 2.59. The maximum absolute atomic E-state index is 14.0. The van der Waals surface area contributed by atoms with Crippen molar-refractivity contribution in [1.29, 1.82) is 0 Å². The van der Waals surface area contributed by atoms with Crippen molar-refractivity contribution in [1.82, 2.24) is 15.2 Å². The van der Waals surface area contributed by atoms with Crippen LogP contribution in [0.25, 0.3) is 0 Å². The van der Waals surface area contributed by atoms with Crippen molar-refractivity contribution < 1.29 is 17.9 Å². The van der Waals surface area contributed by atoms with Crippen LogP contribution < -0.4 is 16.0 Å². The first kappa shape index (κ1) is 15.3. The molecule has 0 spiro atoms. The zero-order chi connectivity index (χ0) is 15.6. The van der Waals surface area contributed by atoms with Gasteiger partial charge in [0.05, 0.1) is 19.3 Å². The summed E-state index contributed by atoms with van der Waals surface area (Å²) in [6, 6.07) is 1.04. The third-order valence-electron chi connectivity index (χ3n) is 3.18. The Morgan fingerprint density at radius 1 is 1.33 bits per heavy atom. The molecule has 1 unspecified atom stereocenters. The van der Waals surface area contributed by atoms with Gasteiger partial charge in [-0.1, -0.05) is 6.07 Å². The molecule has 0 aliphatic rings. The van der Waals surface area contributed by atoms with E-state index in [1.54, 1.807) is 0 Å². The van der Waals surface area contributed by atoms with Gasteiger partial charge in [-0.3, -0.25) is 10.5 Å². The molecule has 0 radical (unpaired) electrons. The zero-order valence-corrected chi connectivity index (χ0v) is 11.5. The van der Waals surface area contributed by atoms with Gasteiger partial charge in [-0.15, -0.1) is 0 Å². The number of nitrogens with one attached hydrogen (secondary N) is 1. The van der Waals surface area contributed by atoms with Crippen LogP contribution in [-0.4, -0.2) is 16.9 Å². The predicted molar refractivity (Wildman–Crippen MR) is 69.9 cm³/mol. The second-order valence-corrected chi connectivity index (χ2v) is 4.28. The average molecular weight is 300 g/mol. The molecule has 0 aliphatic heterocycles. The molecule has 2 rings (SSSR count). The molecule has 1 heterocycles. The summed E-state index contributed by atoms with van der Waals surface area (Å²) < 4.78 is 47.1. The Kier molecular flexibility index (Phi) is 4.49. The van der Waals surface area contributed by atoms with E-state index >= 15 is 0 Å². The summed E-state index contributed by atoms with van der Waals surface area (Å²) in [5.74, 6) is 1.73. The minimum Gasteiger partial charge on any atom is -0.493 e. The first-order valence-corrected chi connectivity index (χ1v) is 6.24. The van der Waals surface area contributed by atoms with Gasteiger partial charge in [0.15, 0.2) is 23.2 Å². The third-order valence-corrected chi connectivity index (χ3v) is 3.18. The molecule has 21 heavy (non-hydrogen) atoms. The molecule has 0 amide bonds. The number of hydrazine groups is 1. The molecule has 2 aromatic rings. The van der Waals surface area contributed by atoms with Gasteiger partial charge >= 0.3 is 0 Å². The number of hydrogen-bond donors (Lipinski definition) is 2. The van der Waals surface area contributed by atoms with E-state index in [0.717, 1.165) is 12.1 Å². The Bertz CT molecular complexity index is 623. The highest BCUT2D eigenvalue weighted by molar-refractivity contribution is 5.37. The summed E-state index contributed by atoms with van der Waals surface area (Å²) in [5.41, 5.74) is 2.68. The van der Waals surface area contributed by atoms with Crippen molar-refractivity contribution in [3.63, 3.8) is 0 Å². The molecular weight excluding hydrogens is 285 g/mol. The number of nitrogens with two attached hydrogens (primary N) is 1. The molecule has 0 bridgehead atoms. The van der Waals surface area contributed by atoms with Crippen LogP contribution in [0.15, 0.2) is 18.3 Å². The van der Waals surface area contributed by atoms with E-state index in [1.165, 1.54) is 18.0 Å². The minimum absolute atomic E-state index is 0.134. The van der Waals surface area contributed by atoms with Gasteiger partial charge in [0.25, 0.3) is 0 Å². The summed E-state index contributed by atoms with van der Waals surface area (Å²) in [5, 5.41) is 4.08. The quantitative estimate of drug-likeness (QED) is 0.503. The Labute approximate surface area is 119 Å². The molecule has 1 aromatic heterocycles. The summed E-state index contributed by atoms with van der Waals surface area (Å²) in [6.07, 6.45) is 1.45. The average Bonchev–Trinajstić information content (AvgIpc) is 2.90. The number of benzene rings is 1. The number of rotatable bonds is 5. The van der Waals surface area contributed by atoms with Crippen molar-refractivity contribution in [2.45, 2.75) is 19.5 Å². The first-order chi connectivity index (χ1) is 10.0. The van der Waals surface area contributed by atoms with Gasteiger partial charge < -0.3 is 4.74 Å². The number of aromatic nitrogens is 2. The number of halogens is 3. The number of hydrogen-bond acceptors (Lipinski definition) is 4. The lowest BCUT2D eigenvalue weighted by Crippen LogP contribution is -2.32. The van der Waals surface area contributed by atoms with Gasteiger partial charge in [-0.2, -0.15) is 5.10 Å². The number of ether oxygens (including phenoxy) is 1. The second-order valence-electron chi connectivity index (χ2n) is 4.28. The Morgan fingerprint density at radius 3 is 2.62 bits per heavy atom. The van der Waals surface area contributed by atoms with E-state index in [-0.39, 0.29) is 5.56 Å². The van der Waals surface area contributed by atoms with Crippen LogP contribution in [0.3, 0.4) is 0 Å². The van der Waals surface area contributed by atoms with E-state index in [0.29, 0.717) is 18.0 Å². The van der Waals surface area contributed by atoms with Gasteiger partial charge in [-0.25, -0.2) is 18.6 Å². The van der Waals surface area contributed by atoms with Crippen LogP contribution >= 0.6 is 0 Å². The summed E-state index contributed by atoms with van der Waals surface area (Å²) in [6.45, 7) is 2.30. The first-order valence-electron chi connectivity index (χ1n) is 6.24. The number of nitrogens with zero attached hydrogens (tertiary/aromatic N) is 2. The van der Waals surface area contributed by atoms with Crippen LogP contribution in [0.1, 0.15) is 24.2 Å². The zero-order valence-electron chi connectivity index (χ0n) is 11.5. The standard InChI is InChI=1S/C13H15F3N4O/c1-3-20-13(9(21-2)6-18-20)12(19-17)7-4-5-8(14)11(16)10(7)15/h4-6,12,19H,3,17H2,1-2H3. The van der Waals surface area contributed by atoms with E-state index < -0.39 is 23.5 Å². The van der Waals surface area contributed by atoms with Crippen LogP contribution in [0.5, 0.6) is 5.75 Å². The van der Waals surface area contributed by atoms with Crippen LogP contribution in [0.2, 0.25) is 0 Å². The topological polar surface area (TPSA) is 65.1 Å². The number of aryl methyl sites for hydroxylation is 1. The fourth-order valence-electron chi connectivity index (χ4n) is 2.16. The molecule has 0 fully saturated rings. The minimum atomic E-state index is -1.55. The highest BCUT2D eigenvalue weighted by Gasteiger charge is 2.27. The maximum Gasteiger partial charge on any atom is 0.194 e. The lowest BCUT2D eigenvalue weighted by atomic mass is 10.0. The fourth-order valence-corrected chi connectivity index (χ4v) is 2.16. The van der Waals surface area contributed by atoms with Gasteiger partial charge in [0.2, 0.25) is 0 Å². The number of methoxy groups -OCH3 is 1. The molecule has 1 aromatic carbocycles. The van der Waals surface area contributed by atoms with Crippen molar-refractivity contribution in [2.24, 2.45) is 5.84 Å². The fraction of sp³-hybridized carbons (Fsp3) is 0.308. The molecule has 114 valence electrons.